The molecule has 2 aliphatic rings. The standard InChI is InChI=1S/C32H36N4O5/c1-31(2,3)30(39)36(18-21-9-6-7-10-24(21)28(40-4)41-5)19-26(37)34-23-13-12-20-16-32(17-22(20)15-23)25-11-8-14-33-27(25)35-29(32)38/h6-15,28H,16-19H2,1-5H3,(H,34,37)(H,33,35,38). The van der Waals surface area contributed by atoms with Gasteiger partial charge in [-0.15, -0.1) is 0 Å². The normalized spacial score (nSPS) is 17.4. The number of aromatic nitrogens is 1. The molecule has 9 nitrogen and oxygen atoms in total. The number of fused-ring (bicyclic) bond motifs is 3. The summed E-state index contributed by atoms with van der Waals surface area (Å²) in [5, 5.41) is 5.89. The fourth-order valence-corrected chi connectivity index (χ4v) is 5.86. The molecule has 0 saturated heterocycles. The molecule has 2 N–H and O–H groups in total. The maximum absolute atomic E-state index is 13.4. The van der Waals surface area contributed by atoms with Crippen LogP contribution in [0.3, 0.4) is 0 Å². The zero-order valence-corrected chi connectivity index (χ0v) is 24.1. The first-order valence-electron chi connectivity index (χ1n) is 13.7. The van der Waals surface area contributed by atoms with Gasteiger partial charge in [-0.25, -0.2) is 4.98 Å². The van der Waals surface area contributed by atoms with Crippen molar-refractivity contribution in [2.24, 2.45) is 5.41 Å². The Morgan fingerprint density at radius 3 is 2.51 bits per heavy atom. The lowest BCUT2D eigenvalue weighted by Crippen LogP contribution is -2.43. The third-order valence-electron chi connectivity index (χ3n) is 7.83. The highest BCUT2D eigenvalue weighted by molar-refractivity contribution is 6.06. The number of carbonyl (C=O) groups is 3. The van der Waals surface area contributed by atoms with Gasteiger partial charge in [0.2, 0.25) is 17.7 Å². The van der Waals surface area contributed by atoms with Gasteiger partial charge in [0.1, 0.15) is 12.4 Å². The van der Waals surface area contributed by atoms with Crippen molar-refractivity contribution in [1.82, 2.24) is 9.88 Å². The molecule has 2 aromatic carbocycles. The zero-order valence-electron chi connectivity index (χ0n) is 24.1. The fourth-order valence-electron chi connectivity index (χ4n) is 5.86. The van der Waals surface area contributed by atoms with Crippen LogP contribution in [0.4, 0.5) is 11.5 Å². The average Bonchev–Trinajstić information content (AvgIpc) is 3.45. The van der Waals surface area contributed by atoms with Crippen LogP contribution in [-0.2, 0) is 48.7 Å². The number of hydrogen-bond acceptors (Lipinski definition) is 6. The Bertz CT molecular complexity index is 1490. The number of anilines is 2. The van der Waals surface area contributed by atoms with Crippen molar-refractivity contribution in [2.45, 2.75) is 51.9 Å². The number of nitrogens with zero attached hydrogens (tertiary/aromatic N) is 2. The lowest BCUT2D eigenvalue weighted by atomic mass is 9.79. The number of ether oxygens (including phenoxy) is 2. The van der Waals surface area contributed by atoms with Crippen molar-refractivity contribution >= 4 is 29.2 Å². The van der Waals surface area contributed by atoms with Gasteiger partial charge in [-0.3, -0.25) is 14.4 Å². The number of amides is 3. The molecule has 2 heterocycles. The first-order valence-corrected chi connectivity index (χ1v) is 13.7. The van der Waals surface area contributed by atoms with Gasteiger partial charge >= 0.3 is 0 Å². The van der Waals surface area contributed by atoms with E-state index in [0.717, 1.165) is 27.8 Å². The number of carbonyl (C=O) groups excluding carboxylic acids is 3. The summed E-state index contributed by atoms with van der Waals surface area (Å²) >= 11 is 0. The van der Waals surface area contributed by atoms with E-state index in [4.69, 9.17) is 9.47 Å². The second-order valence-electron chi connectivity index (χ2n) is 11.7. The van der Waals surface area contributed by atoms with Crippen molar-refractivity contribution < 1.29 is 23.9 Å². The quantitative estimate of drug-likeness (QED) is 0.399. The SMILES string of the molecule is COC(OC)c1ccccc1CN(CC(=O)Nc1ccc2c(c1)CC1(C2)C(=O)Nc2ncccc21)C(=O)C(C)(C)C. The molecule has 1 spiro atoms. The van der Waals surface area contributed by atoms with E-state index in [1.807, 2.05) is 75.4 Å². The summed E-state index contributed by atoms with van der Waals surface area (Å²) in [5.74, 6) is 0.111. The van der Waals surface area contributed by atoms with Gasteiger partial charge in [-0.05, 0) is 47.7 Å². The van der Waals surface area contributed by atoms with E-state index in [-0.39, 0.29) is 30.8 Å². The van der Waals surface area contributed by atoms with Gasteiger partial charge in [-0.2, -0.15) is 0 Å². The third-order valence-corrected chi connectivity index (χ3v) is 7.83. The minimum atomic E-state index is -0.688. The van der Waals surface area contributed by atoms with Gasteiger partial charge in [0.15, 0.2) is 6.29 Å². The first-order chi connectivity index (χ1) is 19.6. The summed E-state index contributed by atoms with van der Waals surface area (Å²) in [6, 6.07) is 17.1. The minimum absolute atomic E-state index is 0.0474. The lowest BCUT2D eigenvalue weighted by Gasteiger charge is -2.30. The molecule has 1 aromatic heterocycles. The largest absolute Gasteiger partial charge is 0.352 e. The second kappa shape index (κ2) is 11.1. The predicted octanol–water partition coefficient (Wildman–Crippen LogP) is 4.38. The monoisotopic (exact) mass is 556 g/mol. The van der Waals surface area contributed by atoms with Crippen molar-refractivity contribution in [3.05, 3.63) is 88.6 Å². The van der Waals surface area contributed by atoms with Crippen LogP contribution >= 0.6 is 0 Å². The Balaban J connectivity index is 1.34. The van der Waals surface area contributed by atoms with Crippen LogP contribution < -0.4 is 10.6 Å². The highest BCUT2D eigenvalue weighted by Gasteiger charge is 2.51. The number of methoxy groups -OCH3 is 2. The van der Waals surface area contributed by atoms with Gasteiger partial charge in [0.05, 0.1) is 5.41 Å². The summed E-state index contributed by atoms with van der Waals surface area (Å²) in [5.41, 5.74) is 3.87. The van der Waals surface area contributed by atoms with Gasteiger partial charge in [-0.1, -0.05) is 57.2 Å². The molecular weight excluding hydrogens is 520 g/mol. The highest BCUT2D eigenvalue weighted by Crippen LogP contribution is 2.47. The molecule has 1 unspecified atom stereocenters. The Kier molecular flexibility index (Phi) is 7.68. The second-order valence-corrected chi connectivity index (χ2v) is 11.7. The lowest BCUT2D eigenvalue weighted by molar-refractivity contribution is -0.142. The fraction of sp³-hybridized carbons (Fsp3) is 0.375. The van der Waals surface area contributed by atoms with E-state index in [1.54, 1.807) is 25.3 Å². The van der Waals surface area contributed by atoms with Crippen LogP contribution in [0.25, 0.3) is 0 Å². The maximum Gasteiger partial charge on any atom is 0.244 e. The van der Waals surface area contributed by atoms with Crippen LogP contribution in [0.1, 0.15) is 54.9 Å². The van der Waals surface area contributed by atoms with E-state index >= 15 is 0 Å². The molecule has 1 aliphatic carbocycles. The number of nitrogens with one attached hydrogen (secondary N) is 2. The maximum atomic E-state index is 13.4. The third kappa shape index (κ3) is 5.47. The van der Waals surface area contributed by atoms with Crippen LogP contribution in [0, 0.1) is 5.41 Å². The predicted molar refractivity (Wildman–Crippen MR) is 155 cm³/mol. The van der Waals surface area contributed by atoms with Crippen molar-refractivity contribution in [3.8, 4) is 0 Å². The summed E-state index contributed by atoms with van der Waals surface area (Å²) in [6.45, 7) is 5.60. The topological polar surface area (TPSA) is 110 Å². The molecule has 5 rings (SSSR count). The molecule has 0 bridgehead atoms. The van der Waals surface area contributed by atoms with Gasteiger partial charge < -0.3 is 25.0 Å². The minimum Gasteiger partial charge on any atom is -0.352 e. The van der Waals surface area contributed by atoms with Crippen LogP contribution in [0.2, 0.25) is 0 Å². The molecule has 0 radical (unpaired) electrons. The number of hydrogen-bond donors (Lipinski definition) is 2. The molecule has 1 atom stereocenters. The molecule has 1 aliphatic heterocycles. The Morgan fingerprint density at radius 2 is 1.78 bits per heavy atom. The Labute approximate surface area is 240 Å². The Hall–Kier alpha value is -4.08. The molecule has 214 valence electrons. The highest BCUT2D eigenvalue weighted by atomic mass is 16.7. The van der Waals surface area contributed by atoms with E-state index in [1.165, 1.54) is 0 Å². The average molecular weight is 557 g/mol. The molecule has 0 saturated carbocycles. The van der Waals surface area contributed by atoms with Crippen molar-refractivity contribution in [3.63, 3.8) is 0 Å². The smallest absolute Gasteiger partial charge is 0.244 e. The molecule has 41 heavy (non-hydrogen) atoms. The van der Waals surface area contributed by atoms with Gasteiger partial charge in [0, 0.05) is 49.2 Å². The summed E-state index contributed by atoms with van der Waals surface area (Å²) < 4.78 is 10.9. The summed E-state index contributed by atoms with van der Waals surface area (Å²) in [6.07, 6.45) is 2.19. The van der Waals surface area contributed by atoms with Crippen LogP contribution in [0.15, 0.2) is 60.8 Å². The molecule has 9 heteroatoms. The first kappa shape index (κ1) is 28.4. The zero-order chi connectivity index (χ0) is 29.4. The molecule has 0 fully saturated rings. The molecule has 3 amide bonds. The van der Waals surface area contributed by atoms with Crippen LogP contribution in [-0.4, -0.2) is 48.4 Å². The summed E-state index contributed by atoms with van der Waals surface area (Å²) in [4.78, 5) is 45.7. The molecule has 3 aromatic rings. The van der Waals surface area contributed by atoms with E-state index < -0.39 is 17.1 Å². The van der Waals surface area contributed by atoms with E-state index in [9.17, 15) is 14.4 Å². The summed E-state index contributed by atoms with van der Waals surface area (Å²) in [7, 11) is 3.12. The van der Waals surface area contributed by atoms with E-state index in [2.05, 4.69) is 15.6 Å². The Morgan fingerprint density at radius 1 is 1.05 bits per heavy atom. The van der Waals surface area contributed by atoms with Gasteiger partial charge in [0.25, 0.3) is 0 Å². The van der Waals surface area contributed by atoms with Crippen LogP contribution in [0.5, 0.6) is 0 Å². The number of benzene rings is 2. The number of rotatable bonds is 8. The van der Waals surface area contributed by atoms with Crippen molar-refractivity contribution in [2.75, 3.05) is 31.4 Å². The van der Waals surface area contributed by atoms with Crippen molar-refractivity contribution in [1.29, 1.82) is 0 Å². The number of pyridine rings is 1. The van der Waals surface area contributed by atoms with E-state index in [0.29, 0.717) is 24.3 Å². The molecular formula is C32H36N4O5.